The summed E-state index contributed by atoms with van der Waals surface area (Å²) >= 11 is 6.01. The average Bonchev–Trinajstić information content (AvgIpc) is 2.39. The van der Waals surface area contributed by atoms with Gasteiger partial charge in [-0.05, 0) is 24.6 Å². The van der Waals surface area contributed by atoms with Gasteiger partial charge in [-0.15, -0.1) is 0 Å². The van der Waals surface area contributed by atoms with E-state index in [0.29, 0.717) is 5.28 Å². The van der Waals surface area contributed by atoms with Gasteiger partial charge in [0.1, 0.15) is 5.82 Å². The molecule has 0 unspecified atom stereocenters. The van der Waals surface area contributed by atoms with Crippen molar-refractivity contribution < 1.29 is 0 Å². The van der Waals surface area contributed by atoms with Crippen LogP contribution in [0.2, 0.25) is 5.28 Å². The molecule has 1 fully saturated rings. The molecule has 0 atom stereocenters. The zero-order chi connectivity index (χ0) is 11.7. The fourth-order valence-electron chi connectivity index (χ4n) is 2.45. The molecule has 3 rings (SSSR count). The number of nitrogens with one attached hydrogen (secondary N) is 2. The van der Waals surface area contributed by atoms with Gasteiger partial charge in [-0.2, -0.15) is 0 Å². The Morgan fingerprint density at radius 3 is 2.71 bits per heavy atom. The van der Waals surface area contributed by atoms with E-state index in [0.717, 1.165) is 57.2 Å². The molecule has 6 heteroatoms. The molecule has 0 bridgehead atoms. The van der Waals surface area contributed by atoms with Crippen LogP contribution < -0.4 is 15.5 Å². The van der Waals surface area contributed by atoms with Crippen molar-refractivity contribution >= 4 is 17.4 Å². The summed E-state index contributed by atoms with van der Waals surface area (Å²) in [5.41, 5.74) is 2.33. The minimum Gasteiger partial charge on any atom is -0.354 e. The van der Waals surface area contributed by atoms with Gasteiger partial charge in [0, 0.05) is 38.3 Å². The van der Waals surface area contributed by atoms with Crippen LogP contribution in [0.1, 0.15) is 11.3 Å². The van der Waals surface area contributed by atoms with Crippen LogP contribution in [0.4, 0.5) is 5.82 Å². The third kappa shape index (κ3) is 2.22. The molecule has 5 nitrogen and oxygen atoms in total. The molecule has 0 radical (unpaired) electrons. The summed E-state index contributed by atoms with van der Waals surface area (Å²) < 4.78 is 0. The highest BCUT2D eigenvalue weighted by Gasteiger charge is 2.22. The topological polar surface area (TPSA) is 53.1 Å². The predicted molar refractivity (Wildman–Crippen MR) is 67.5 cm³/mol. The van der Waals surface area contributed by atoms with Crippen molar-refractivity contribution in [1.82, 2.24) is 20.6 Å². The fourth-order valence-corrected chi connectivity index (χ4v) is 2.63. The van der Waals surface area contributed by atoms with Gasteiger partial charge in [0.05, 0.1) is 5.69 Å². The summed E-state index contributed by atoms with van der Waals surface area (Å²) in [6, 6.07) is 0. The molecule has 2 N–H and O–H groups in total. The first-order chi connectivity index (χ1) is 8.34. The standard InChI is InChI=1S/C11H16ClN5/c12-11-15-9-7-14-2-1-8(9)10(16-11)17-5-3-13-4-6-17/h13-14H,1-7H2. The van der Waals surface area contributed by atoms with E-state index < -0.39 is 0 Å². The number of hydrogen-bond donors (Lipinski definition) is 2. The highest BCUT2D eigenvalue weighted by molar-refractivity contribution is 6.28. The lowest BCUT2D eigenvalue weighted by molar-refractivity contribution is 0.572. The van der Waals surface area contributed by atoms with E-state index in [4.69, 9.17) is 11.6 Å². The van der Waals surface area contributed by atoms with Crippen molar-refractivity contribution in [3.05, 3.63) is 16.5 Å². The Hall–Kier alpha value is -0.910. The van der Waals surface area contributed by atoms with E-state index >= 15 is 0 Å². The van der Waals surface area contributed by atoms with Crippen LogP contribution >= 0.6 is 11.6 Å². The second kappa shape index (κ2) is 4.76. The molecule has 0 amide bonds. The Morgan fingerprint density at radius 2 is 1.88 bits per heavy atom. The maximum absolute atomic E-state index is 6.01. The number of aromatic nitrogens is 2. The molecule has 1 aromatic rings. The first-order valence-corrected chi connectivity index (χ1v) is 6.44. The highest BCUT2D eigenvalue weighted by Crippen LogP contribution is 2.25. The first kappa shape index (κ1) is 11.2. The van der Waals surface area contributed by atoms with Crippen LogP contribution in [0, 0.1) is 0 Å². The molecule has 1 saturated heterocycles. The number of anilines is 1. The van der Waals surface area contributed by atoms with Crippen molar-refractivity contribution in [3.8, 4) is 0 Å². The van der Waals surface area contributed by atoms with Gasteiger partial charge < -0.3 is 15.5 Å². The quantitative estimate of drug-likeness (QED) is 0.700. The van der Waals surface area contributed by atoms with Gasteiger partial charge in [-0.3, -0.25) is 0 Å². The molecular weight excluding hydrogens is 238 g/mol. The molecular formula is C11H16ClN5. The number of hydrogen-bond acceptors (Lipinski definition) is 5. The van der Waals surface area contributed by atoms with Gasteiger partial charge in [-0.1, -0.05) is 0 Å². The van der Waals surface area contributed by atoms with E-state index in [9.17, 15) is 0 Å². The second-order valence-corrected chi connectivity index (χ2v) is 4.74. The number of nitrogens with zero attached hydrogens (tertiary/aromatic N) is 3. The summed E-state index contributed by atoms with van der Waals surface area (Å²) in [4.78, 5) is 11.1. The van der Waals surface area contributed by atoms with Crippen molar-refractivity contribution in [3.63, 3.8) is 0 Å². The van der Waals surface area contributed by atoms with Gasteiger partial charge in [0.2, 0.25) is 5.28 Å². The van der Waals surface area contributed by atoms with Crippen LogP contribution in [-0.4, -0.2) is 42.7 Å². The SMILES string of the molecule is Clc1nc2c(c(N3CCNCC3)n1)CCNC2. The molecule has 0 aliphatic carbocycles. The monoisotopic (exact) mass is 253 g/mol. The maximum Gasteiger partial charge on any atom is 0.224 e. The number of fused-ring (bicyclic) bond motifs is 1. The van der Waals surface area contributed by atoms with E-state index in [1.807, 2.05) is 0 Å². The molecule has 0 spiro atoms. The fraction of sp³-hybridized carbons (Fsp3) is 0.636. The van der Waals surface area contributed by atoms with Crippen LogP contribution in [0.15, 0.2) is 0 Å². The van der Waals surface area contributed by atoms with Gasteiger partial charge in [0.25, 0.3) is 0 Å². The third-order valence-electron chi connectivity index (χ3n) is 3.30. The van der Waals surface area contributed by atoms with Crippen LogP contribution in [0.3, 0.4) is 0 Å². The lowest BCUT2D eigenvalue weighted by Gasteiger charge is -2.31. The molecule has 17 heavy (non-hydrogen) atoms. The molecule has 2 aliphatic heterocycles. The molecule has 0 saturated carbocycles. The summed E-state index contributed by atoms with van der Waals surface area (Å²) in [6.45, 7) is 5.80. The summed E-state index contributed by atoms with van der Waals surface area (Å²) in [6.07, 6.45) is 0.992. The van der Waals surface area contributed by atoms with Crippen molar-refractivity contribution in [2.45, 2.75) is 13.0 Å². The smallest absolute Gasteiger partial charge is 0.224 e. The van der Waals surface area contributed by atoms with Crippen LogP contribution in [-0.2, 0) is 13.0 Å². The van der Waals surface area contributed by atoms with E-state index in [1.165, 1.54) is 5.56 Å². The summed E-state index contributed by atoms with van der Waals surface area (Å²) in [5, 5.41) is 7.03. The predicted octanol–water partition coefficient (Wildman–Crippen LogP) is 0.185. The highest BCUT2D eigenvalue weighted by atomic mass is 35.5. The van der Waals surface area contributed by atoms with Crippen molar-refractivity contribution in [1.29, 1.82) is 0 Å². The Balaban J connectivity index is 1.98. The molecule has 2 aliphatic rings. The zero-order valence-electron chi connectivity index (χ0n) is 9.67. The molecule has 0 aromatic carbocycles. The maximum atomic E-state index is 6.01. The van der Waals surface area contributed by atoms with Crippen molar-refractivity contribution in [2.75, 3.05) is 37.6 Å². The Bertz CT molecular complexity index is 417. The average molecular weight is 254 g/mol. The van der Waals surface area contributed by atoms with Gasteiger partial charge in [-0.25, -0.2) is 9.97 Å². The van der Waals surface area contributed by atoms with Crippen LogP contribution in [0.25, 0.3) is 0 Å². The minimum atomic E-state index is 0.362. The normalized spacial score (nSPS) is 20.2. The number of rotatable bonds is 1. The lowest BCUT2D eigenvalue weighted by Crippen LogP contribution is -2.44. The largest absolute Gasteiger partial charge is 0.354 e. The third-order valence-corrected chi connectivity index (χ3v) is 3.47. The van der Waals surface area contributed by atoms with E-state index in [-0.39, 0.29) is 0 Å². The van der Waals surface area contributed by atoms with Gasteiger partial charge in [0.15, 0.2) is 0 Å². The van der Waals surface area contributed by atoms with E-state index in [1.54, 1.807) is 0 Å². The second-order valence-electron chi connectivity index (χ2n) is 4.41. The Labute approximate surface area is 106 Å². The molecule has 3 heterocycles. The molecule has 92 valence electrons. The molecule has 1 aromatic heterocycles. The van der Waals surface area contributed by atoms with E-state index in [2.05, 4.69) is 25.5 Å². The van der Waals surface area contributed by atoms with Crippen LogP contribution in [0.5, 0.6) is 0 Å². The zero-order valence-corrected chi connectivity index (χ0v) is 10.4. The minimum absolute atomic E-state index is 0.362. The Morgan fingerprint density at radius 1 is 1.06 bits per heavy atom. The lowest BCUT2D eigenvalue weighted by atomic mass is 10.1. The van der Waals surface area contributed by atoms with Gasteiger partial charge >= 0.3 is 0 Å². The number of halogens is 1. The summed E-state index contributed by atoms with van der Waals surface area (Å²) in [7, 11) is 0. The first-order valence-electron chi connectivity index (χ1n) is 6.06. The van der Waals surface area contributed by atoms with Crippen molar-refractivity contribution in [2.24, 2.45) is 0 Å². The Kier molecular flexibility index (Phi) is 3.13. The number of piperazine rings is 1. The summed E-state index contributed by atoms with van der Waals surface area (Å²) in [5.74, 6) is 1.04.